The molecule has 0 aliphatic carbocycles. The van der Waals surface area contributed by atoms with E-state index >= 15 is 0 Å². The Labute approximate surface area is 177 Å². The van der Waals surface area contributed by atoms with E-state index in [1.165, 1.54) is 9.09 Å². The second kappa shape index (κ2) is 7.35. The summed E-state index contributed by atoms with van der Waals surface area (Å²) in [4.78, 5) is 4.86. The second-order valence-electron chi connectivity index (χ2n) is 8.49. The first-order valence-electron chi connectivity index (χ1n) is 9.72. The number of nitrogens with zero attached hydrogens (tertiary/aromatic N) is 3. The van der Waals surface area contributed by atoms with Crippen molar-refractivity contribution < 1.29 is 4.52 Å². The maximum Gasteiger partial charge on any atom is 0.169 e. The molecule has 0 saturated heterocycles. The molecule has 3 heterocycles. The van der Waals surface area contributed by atoms with E-state index in [4.69, 9.17) is 9.51 Å². The second-order valence-corrected chi connectivity index (χ2v) is 15.4. The van der Waals surface area contributed by atoms with Crippen molar-refractivity contribution in [2.45, 2.75) is 72.0 Å². The van der Waals surface area contributed by atoms with Crippen molar-refractivity contribution >= 4 is 41.9 Å². The van der Waals surface area contributed by atoms with Crippen LogP contribution in [0.4, 0.5) is 0 Å². The number of hydrogen-bond acceptors (Lipinski definition) is 3. The molecule has 0 saturated carbocycles. The van der Waals surface area contributed by atoms with Crippen LogP contribution in [0.15, 0.2) is 23.0 Å². The van der Waals surface area contributed by atoms with Crippen molar-refractivity contribution in [2.24, 2.45) is 0 Å². The van der Waals surface area contributed by atoms with Crippen LogP contribution in [0.25, 0.3) is 22.2 Å². The fourth-order valence-corrected chi connectivity index (χ4v) is 12.8. The van der Waals surface area contributed by atoms with Crippen LogP contribution in [0.1, 0.15) is 53.0 Å². The molecule has 0 bridgehead atoms. The molecule has 3 aromatic rings. The molecule has 0 N–H and O–H groups in total. The van der Waals surface area contributed by atoms with Gasteiger partial charge in [-0.2, -0.15) is 0 Å². The van der Waals surface area contributed by atoms with Crippen molar-refractivity contribution in [1.82, 2.24) is 14.4 Å². The van der Waals surface area contributed by atoms with Crippen molar-refractivity contribution in [3.05, 3.63) is 33.5 Å². The lowest BCUT2D eigenvalue weighted by molar-refractivity contribution is 0.393. The molecule has 4 nitrogen and oxygen atoms in total. The molecule has 27 heavy (non-hydrogen) atoms. The van der Waals surface area contributed by atoms with Crippen molar-refractivity contribution in [3.63, 3.8) is 0 Å². The molecule has 6 heteroatoms. The van der Waals surface area contributed by atoms with E-state index in [2.05, 4.69) is 85.8 Å². The van der Waals surface area contributed by atoms with E-state index < -0.39 is 8.24 Å². The summed E-state index contributed by atoms with van der Waals surface area (Å²) < 4.78 is 9.27. The van der Waals surface area contributed by atoms with Crippen LogP contribution in [0.3, 0.4) is 0 Å². The molecule has 0 aliphatic heterocycles. The van der Waals surface area contributed by atoms with E-state index in [0.717, 1.165) is 28.1 Å². The number of halogens is 1. The van der Waals surface area contributed by atoms with Crippen molar-refractivity contribution in [2.75, 3.05) is 0 Å². The third-order valence-electron chi connectivity index (χ3n) is 6.11. The number of aryl methyl sites for hydroxylation is 2. The minimum Gasteiger partial charge on any atom is -0.371 e. The van der Waals surface area contributed by atoms with Gasteiger partial charge in [-0.15, -0.1) is 0 Å². The highest BCUT2D eigenvalue weighted by Gasteiger charge is 2.46. The molecule has 0 spiro atoms. The summed E-state index contributed by atoms with van der Waals surface area (Å²) in [6.45, 7) is 18.4. The number of aromatic nitrogens is 3. The van der Waals surface area contributed by atoms with Gasteiger partial charge in [-0.05, 0) is 59.1 Å². The maximum absolute atomic E-state index is 5.40. The number of pyridine rings is 1. The number of fused-ring (bicyclic) bond motifs is 1. The normalized spacial score (nSPS) is 12.9. The van der Waals surface area contributed by atoms with E-state index in [9.17, 15) is 0 Å². The predicted octanol–water partition coefficient (Wildman–Crippen LogP) is 6.94. The topological polar surface area (TPSA) is 43.9 Å². The van der Waals surface area contributed by atoms with Gasteiger partial charge in [0, 0.05) is 23.5 Å². The van der Waals surface area contributed by atoms with Gasteiger partial charge >= 0.3 is 0 Å². The molecule has 0 radical (unpaired) electrons. The zero-order valence-corrected chi connectivity index (χ0v) is 20.7. The Bertz CT molecular complexity index is 930. The highest BCUT2D eigenvalue weighted by molar-refractivity contribution is 14.1. The van der Waals surface area contributed by atoms with E-state index in [-0.39, 0.29) is 0 Å². The SMILES string of the molecule is Cc1noc(C)c1-c1cnc2c(I)cn([Si](C(C)C)(C(C)C)C(C)C)c2c1. The molecule has 3 aromatic heterocycles. The van der Waals surface area contributed by atoms with Crippen molar-refractivity contribution in [1.29, 1.82) is 0 Å². The van der Waals surface area contributed by atoms with Gasteiger partial charge in [0.15, 0.2) is 8.24 Å². The minimum absolute atomic E-state index is 0.631. The van der Waals surface area contributed by atoms with E-state index in [1.807, 2.05) is 20.0 Å². The molecule has 146 valence electrons. The molecule has 3 rings (SSSR count). The highest BCUT2D eigenvalue weighted by atomic mass is 127. The summed E-state index contributed by atoms with van der Waals surface area (Å²) in [5.41, 5.74) is 7.32. The smallest absolute Gasteiger partial charge is 0.169 e. The molecule has 0 aromatic carbocycles. The summed E-state index contributed by atoms with van der Waals surface area (Å²) in [5, 5.41) is 4.13. The minimum atomic E-state index is -1.85. The average molecular weight is 495 g/mol. The van der Waals surface area contributed by atoms with Crippen LogP contribution in [-0.4, -0.2) is 22.6 Å². The lowest BCUT2D eigenvalue weighted by atomic mass is 10.1. The Kier molecular flexibility index (Phi) is 5.60. The first kappa shape index (κ1) is 20.6. The van der Waals surface area contributed by atoms with Crippen molar-refractivity contribution in [3.8, 4) is 11.1 Å². The van der Waals surface area contributed by atoms with Gasteiger partial charge in [-0.1, -0.05) is 46.7 Å². The van der Waals surface area contributed by atoms with Crippen LogP contribution in [0.2, 0.25) is 16.6 Å². The van der Waals surface area contributed by atoms with Gasteiger partial charge in [0.25, 0.3) is 0 Å². The van der Waals surface area contributed by atoms with E-state index in [0.29, 0.717) is 16.6 Å². The first-order valence-corrected chi connectivity index (χ1v) is 13.0. The van der Waals surface area contributed by atoms with Gasteiger partial charge < -0.3 is 8.76 Å². The van der Waals surface area contributed by atoms with Gasteiger partial charge in [-0.25, -0.2) is 0 Å². The number of rotatable bonds is 5. The third-order valence-corrected chi connectivity index (χ3v) is 13.7. The summed E-state index contributed by atoms with van der Waals surface area (Å²) >= 11 is 2.44. The molecular weight excluding hydrogens is 465 g/mol. The van der Waals surface area contributed by atoms with E-state index in [1.54, 1.807) is 0 Å². The molecule has 0 aliphatic rings. The molecule has 0 amide bonds. The van der Waals surface area contributed by atoms with Gasteiger partial charge in [-0.3, -0.25) is 4.98 Å². The Hall–Kier alpha value is -1.15. The molecule has 0 fully saturated rings. The summed E-state index contributed by atoms with van der Waals surface area (Å²) in [6.07, 6.45) is 4.31. The first-order chi connectivity index (χ1) is 12.6. The summed E-state index contributed by atoms with van der Waals surface area (Å²) in [5.74, 6) is 0.849. The summed E-state index contributed by atoms with van der Waals surface area (Å²) in [6, 6.07) is 2.30. The average Bonchev–Trinajstić information content (AvgIpc) is 3.07. The Morgan fingerprint density at radius 2 is 1.63 bits per heavy atom. The fraction of sp³-hybridized carbons (Fsp3) is 0.524. The maximum atomic E-state index is 5.40. The van der Waals surface area contributed by atoms with Crippen LogP contribution >= 0.6 is 22.6 Å². The molecule has 0 unspecified atom stereocenters. The van der Waals surface area contributed by atoms with Gasteiger partial charge in [0.1, 0.15) is 11.3 Å². The van der Waals surface area contributed by atoms with Crippen LogP contribution in [0.5, 0.6) is 0 Å². The molecular formula is C21H30IN3OSi. The van der Waals surface area contributed by atoms with Crippen LogP contribution < -0.4 is 0 Å². The largest absolute Gasteiger partial charge is 0.371 e. The van der Waals surface area contributed by atoms with Crippen LogP contribution in [-0.2, 0) is 0 Å². The Morgan fingerprint density at radius 3 is 2.11 bits per heavy atom. The van der Waals surface area contributed by atoms with Gasteiger partial charge in [0.2, 0.25) is 0 Å². The lowest BCUT2D eigenvalue weighted by Gasteiger charge is -2.44. The zero-order valence-electron chi connectivity index (χ0n) is 17.6. The van der Waals surface area contributed by atoms with Gasteiger partial charge in [0.05, 0.1) is 14.8 Å². The summed E-state index contributed by atoms with van der Waals surface area (Å²) in [7, 11) is -1.85. The Balaban J connectivity index is 2.35. The monoisotopic (exact) mass is 495 g/mol. The Morgan fingerprint density at radius 1 is 1.04 bits per heavy atom. The predicted molar refractivity (Wildman–Crippen MR) is 124 cm³/mol. The quantitative estimate of drug-likeness (QED) is 0.285. The standard InChI is InChI=1S/C21H30IN3OSi/c1-12(2)27(13(3)4,14(5)6)25-11-18(22)21-19(25)9-17(10-23-21)20-15(7)24-26-16(20)8/h9-14H,1-8H3. The highest BCUT2D eigenvalue weighted by Crippen LogP contribution is 2.45. The lowest BCUT2D eigenvalue weighted by Crippen LogP contribution is -2.51. The van der Waals surface area contributed by atoms with Crippen LogP contribution in [0, 0.1) is 17.4 Å². The number of hydrogen-bond donors (Lipinski definition) is 0. The molecule has 0 atom stereocenters. The third kappa shape index (κ3) is 3.08. The zero-order chi connectivity index (χ0) is 20.1. The fourth-order valence-electron chi connectivity index (χ4n) is 5.25.